The van der Waals surface area contributed by atoms with Crippen molar-refractivity contribution in [2.45, 2.75) is 31.7 Å². The number of hydrogen-bond donors (Lipinski definition) is 1. The van der Waals surface area contributed by atoms with Crippen LogP contribution in [0.3, 0.4) is 0 Å². The number of amides is 1. The van der Waals surface area contributed by atoms with Crippen LogP contribution in [-0.4, -0.2) is 25.6 Å². The second kappa shape index (κ2) is 4.61. The highest BCUT2D eigenvalue weighted by Gasteiger charge is 2.48. The molecule has 0 saturated heterocycles. The Morgan fingerprint density at radius 3 is 2.67 bits per heavy atom. The standard InChI is InChI=1S/C14H20N2O2/c1-4-10-5-6-12(18-3)11(9-10)16(2)13(17)14(15)7-8-14/h5-6,9H,4,7-8,15H2,1-3H3. The van der Waals surface area contributed by atoms with Crippen LogP contribution in [0.25, 0.3) is 0 Å². The summed E-state index contributed by atoms with van der Waals surface area (Å²) in [5.74, 6) is 0.668. The Kier molecular flexibility index (Phi) is 3.30. The third-order valence-corrected chi connectivity index (χ3v) is 3.53. The molecule has 2 rings (SSSR count). The van der Waals surface area contributed by atoms with E-state index in [1.54, 1.807) is 19.1 Å². The summed E-state index contributed by atoms with van der Waals surface area (Å²) in [7, 11) is 3.37. The normalized spacial score (nSPS) is 16.2. The molecule has 18 heavy (non-hydrogen) atoms. The number of rotatable bonds is 4. The van der Waals surface area contributed by atoms with Crippen molar-refractivity contribution in [3.8, 4) is 5.75 Å². The molecule has 4 nitrogen and oxygen atoms in total. The summed E-state index contributed by atoms with van der Waals surface area (Å²) in [6, 6.07) is 5.90. The first-order chi connectivity index (χ1) is 8.51. The Morgan fingerprint density at radius 2 is 2.17 bits per heavy atom. The first-order valence-electron chi connectivity index (χ1n) is 6.26. The molecule has 0 aliphatic heterocycles. The highest BCUT2D eigenvalue weighted by molar-refractivity contribution is 6.02. The number of carbonyl (C=O) groups is 1. The molecule has 0 heterocycles. The van der Waals surface area contributed by atoms with Crippen molar-refractivity contribution < 1.29 is 9.53 Å². The maximum atomic E-state index is 12.2. The van der Waals surface area contributed by atoms with Gasteiger partial charge in [-0.2, -0.15) is 0 Å². The van der Waals surface area contributed by atoms with Crippen molar-refractivity contribution in [1.82, 2.24) is 0 Å². The van der Waals surface area contributed by atoms with Crippen LogP contribution in [0.15, 0.2) is 18.2 Å². The molecule has 0 atom stereocenters. The first-order valence-corrected chi connectivity index (χ1v) is 6.26. The van der Waals surface area contributed by atoms with E-state index in [0.29, 0.717) is 5.75 Å². The van der Waals surface area contributed by atoms with Gasteiger partial charge in [0.25, 0.3) is 0 Å². The lowest BCUT2D eigenvalue weighted by Gasteiger charge is -2.23. The number of ether oxygens (including phenoxy) is 1. The molecule has 0 spiro atoms. The van der Waals surface area contributed by atoms with Crippen LogP contribution in [0.1, 0.15) is 25.3 Å². The van der Waals surface area contributed by atoms with Crippen LogP contribution in [0.5, 0.6) is 5.75 Å². The van der Waals surface area contributed by atoms with Crippen molar-refractivity contribution in [2.24, 2.45) is 5.73 Å². The molecular formula is C14H20N2O2. The van der Waals surface area contributed by atoms with Gasteiger partial charge in [-0.25, -0.2) is 0 Å². The number of anilines is 1. The minimum atomic E-state index is -0.651. The number of carbonyl (C=O) groups excluding carboxylic acids is 1. The van der Waals surface area contributed by atoms with E-state index in [1.807, 2.05) is 18.2 Å². The monoisotopic (exact) mass is 248 g/mol. The Bertz CT molecular complexity index is 467. The second-order valence-electron chi connectivity index (χ2n) is 4.88. The molecule has 0 radical (unpaired) electrons. The van der Waals surface area contributed by atoms with Crippen LogP contribution in [0.2, 0.25) is 0 Å². The SMILES string of the molecule is CCc1ccc(OC)c(N(C)C(=O)C2(N)CC2)c1. The lowest BCUT2D eigenvalue weighted by atomic mass is 10.1. The molecule has 4 heteroatoms. The maximum absolute atomic E-state index is 12.2. The quantitative estimate of drug-likeness (QED) is 0.882. The van der Waals surface area contributed by atoms with Gasteiger partial charge in [-0.1, -0.05) is 13.0 Å². The molecule has 1 aliphatic rings. The van der Waals surface area contributed by atoms with E-state index < -0.39 is 5.54 Å². The molecule has 0 unspecified atom stereocenters. The summed E-state index contributed by atoms with van der Waals surface area (Å²) in [5.41, 5.74) is 7.27. The van der Waals surface area contributed by atoms with Gasteiger partial charge in [-0.15, -0.1) is 0 Å². The molecular weight excluding hydrogens is 228 g/mol. The smallest absolute Gasteiger partial charge is 0.246 e. The van der Waals surface area contributed by atoms with Gasteiger partial charge in [-0.05, 0) is 37.0 Å². The number of nitrogens with zero attached hydrogens (tertiary/aromatic N) is 1. The Labute approximate surface area is 108 Å². The number of methoxy groups -OCH3 is 1. The predicted octanol–water partition coefficient (Wildman–Crippen LogP) is 1.71. The lowest BCUT2D eigenvalue weighted by Crippen LogP contribution is -2.44. The minimum absolute atomic E-state index is 0.0333. The van der Waals surface area contributed by atoms with Gasteiger partial charge in [0.2, 0.25) is 5.91 Å². The maximum Gasteiger partial charge on any atom is 0.246 e. The van der Waals surface area contributed by atoms with E-state index in [9.17, 15) is 4.79 Å². The Morgan fingerprint density at radius 1 is 1.50 bits per heavy atom. The zero-order valence-electron chi connectivity index (χ0n) is 11.2. The zero-order valence-corrected chi connectivity index (χ0v) is 11.2. The van der Waals surface area contributed by atoms with E-state index in [2.05, 4.69) is 6.92 Å². The van der Waals surface area contributed by atoms with E-state index in [4.69, 9.17) is 10.5 Å². The number of nitrogens with two attached hydrogens (primary N) is 1. The summed E-state index contributed by atoms with van der Waals surface area (Å²) in [6.07, 6.45) is 2.46. The average Bonchev–Trinajstić information content (AvgIpc) is 3.15. The van der Waals surface area contributed by atoms with Crippen LogP contribution >= 0.6 is 0 Å². The van der Waals surface area contributed by atoms with E-state index in [0.717, 1.165) is 24.9 Å². The zero-order chi connectivity index (χ0) is 13.3. The second-order valence-corrected chi connectivity index (χ2v) is 4.88. The summed E-state index contributed by atoms with van der Waals surface area (Å²) >= 11 is 0. The molecule has 1 amide bonds. The topological polar surface area (TPSA) is 55.6 Å². The fourth-order valence-corrected chi connectivity index (χ4v) is 2.01. The molecule has 1 aliphatic carbocycles. The van der Waals surface area contributed by atoms with Crippen molar-refractivity contribution in [1.29, 1.82) is 0 Å². The lowest BCUT2D eigenvalue weighted by molar-refractivity contribution is -0.120. The number of likely N-dealkylation sites (N-methyl/N-ethyl adjacent to an activating group) is 1. The van der Waals surface area contributed by atoms with E-state index in [1.165, 1.54) is 5.56 Å². The predicted molar refractivity (Wildman–Crippen MR) is 71.9 cm³/mol. The third kappa shape index (κ3) is 2.20. The summed E-state index contributed by atoms with van der Waals surface area (Å²) in [5, 5.41) is 0. The van der Waals surface area contributed by atoms with Gasteiger partial charge in [0.15, 0.2) is 0 Å². The number of benzene rings is 1. The average molecular weight is 248 g/mol. The van der Waals surface area contributed by atoms with Crippen LogP contribution in [0, 0.1) is 0 Å². The molecule has 1 aromatic rings. The largest absolute Gasteiger partial charge is 0.495 e. The molecule has 98 valence electrons. The molecule has 0 aromatic heterocycles. The Hall–Kier alpha value is -1.55. The minimum Gasteiger partial charge on any atom is -0.495 e. The third-order valence-electron chi connectivity index (χ3n) is 3.53. The van der Waals surface area contributed by atoms with Gasteiger partial charge in [0.05, 0.1) is 18.3 Å². The van der Waals surface area contributed by atoms with Crippen molar-refractivity contribution in [3.05, 3.63) is 23.8 Å². The number of aryl methyl sites for hydroxylation is 1. The highest BCUT2D eigenvalue weighted by Crippen LogP contribution is 2.37. The van der Waals surface area contributed by atoms with Gasteiger partial charge in [0.1, 0.15) is 5.75 Å². The molecule has 2 N–H and O–H groups in total. The van der Waals surface area contributed by atoms with Crippen LogP contribution in [0.4, 0.5) is 5.69 Å². The fourth-order valence-electron chi connectivity index (χ4n) is 2.01. The summed E-state index contributed by atoms with van der Waals surface area (Å²) < 4.78 is 5.31. The van der Waals surface area contributed by atoms with Gasteiger partial charge in [-0.3, -0.25) is 4.79 Å². The Balaban J connectivity index is 2.33. The van der Waals surface area contributed by atoms with Gasteiger partial charge < -0.3 is 15.4 Å². The van der Waals surface area contributed by atoms with Crippen LogP contribution < -0.4 is 15.4 Å². The summed E-state index contributed by atoms with van der Waals surface area (Å²) in [6.45, 7) is 2.08. The van der Waals surface area contributed by atoms with E-state index in [-0.39, 0.29) is 5.91 Å². The molecule has 0 bridgehead atoms. The van der Waals surface area contributed by atoms with E-state index >= 15 is 0 Å². The first kappa shape index (κ1) is 12.9. The summed E-state index contributed by atoms with van der Waals surface area (Å²) in [4.78, 5) is 13.9. The highest BCUT2D eigenvalue weighted by atomic mass is 16.5. The van der Waals surface area contributed by atoms with Crippen molar-refractivity contribution in [2.75, 3.05) is 19.1 Å². The molecule has 1 fully saturated rings. The molecule has 1 aromatic carbocycles. The van der Waals surface area contributed by atoms with Crippen molar-refractivity contribution >= 4 is 11.6 Å². The molecule has 1 saturated carbocycles. The van der Waals surface area contributed by atoms with Crippen molar-refractivity contribution in [3.63, 3.8) is 0 Å². The van der Waals surface area contributed by atoms with Gasteiger partial charge in [0, 0.05) is 7.05 Å². The fraction of sp³-hybridized carbons (Fsp3) is 0.500. The van der Waals surface area contributed by atoms with Gasteiger partial charge >= 0.3 is 0 Å². The number of hydrogen-bond acceptors (Lipinski definition) is 3. The van der Waals surface area contributed by atoms with Crippen LogP contribution in [-0.2, 0) is 11.2 Å².